The lowest BCUT2D eigenvalue weighted by Gasteiger charge is -2.32. The Balaban J connectivity index is 2.39. The fraction of sp³-hybridized carbons (Fsp3) is 0.440. The first kappa shape index (κ1) is 28.0. The number of carbonyl (C=O) groups is 2. The van der Waals surface area contributed by atoms with E-state index in [4.69, 9.17) is 9.47 Å². The molecule has 0 saturated carbocycles. The average Bonchev–Trinajstić information content (AvgIpc) is 2.85. The van der Waals surface area contributed by atoms with Gasteiger partial charge in [-0.25, -0.2) is 8.42 Å². The van der Waals surface area contributed by atoms with Crippen LogP contribution in [0.5, 0.6) is 11.5 Å². The quantitative estimate of drug-likeness (QED) is 0.448. The van der Waals surface area contributed by atoms with Gasteiger partial charge >= 0.3 is 0 Å². The largest absolute Gasteiger partial charge is 0.497 e. The molecular weight excluding hydrogens is 470 g/mol. The molecule has 0 heterocycles. The van der Waals surface area contributed by atoms with Gasteiger partial charge in [0.2, 0.25) is 21.8 Å². The van der Waals surface area contributed by atoms with E-state index in [1.165, 1.54) is 25.2 Å². The van der Waals surface area contributed by atoms with Gasteiger partial charge in [-0.2, -0.15) is 0 Å². The summed E-state index contributed by atoms with van der Waals surface area (Å²) in [5.41, 5.74) is 1.18. The lowest BCUT2D eigenvalue weighted by molar-refractivity contribution is -0.138. The molecule has 2 amide bonds. The Bertz CT molecular complexity index is 1090. The monoisotopic (exact) mass is 505 g/mol. The first-order valence-electron chi connectivity index (χ1n) is 11.4. The normalized spacial score (nSPS) is 11.9. The molecule has 192 valence electrons. The molecule has 2 aromatic carbocycles. The number of nitrogens with zero attached hydrogens (tertiary/aromatic N) is 2. The second kappa shape index (κ2) is 13.0. The number of ether oxygens (including phenoxy) is 2. The van der Waals surface area contributed by atoms with Crippen molar-refractivity contribution in [2.24, 2.45) is 0 Å². The third kappa shape index (κ3) is 7.88. The Morgan fingerprint density at radius 1 is 1.06 bits per heavy atom. The molecular formula is C25H35N3O6S. The fourth-order valence-electron chi connectivity index (χ4n) is 3.55. The van der Waals surface area contributed by atoms with Crippen molar-refractivity contribution < 1.29 is 27.5 Å². The molecule has 35 heavy (non-hydrogen) atoms. The summed E-state index contributed by atoms with van der Waals surface area (Å²) in [6.07, 6.45) is 2.29. The van der Waals surface area contributed by atoms with Gasteiger partial charge in [0.05, 0.1) is 26.2 Å². The molecule has 0 aliphatic rings. The number of hydrogen-bond donors (Lipinski definition) is 1. The van der Waals surface area contributed by atoms with Crippen LogP contribution in [0, 0.1) is 0 Å². The molecule has 0 bridgehead atoms. The van der Waals surface area contributed by atoms with Crippen LogP contribution in [0.3, 0.4) is 0 Å². The van der Waals surface area contributed by atoms with Crippen molar-refractivity contribution in [2.45, 2.75) is 32.7 Å². The van der Waals surface area contributed by atoms with E-state index in [1.807, 2.05) is 37.3 Å². The standard InChI is InChI=1S/C25H35N3O6S/c1-6-15-26-25(30)19(2)27(16-14-20-10-8-7-9-11-20)24(29)18-28(35(5,31)32)22-17-21(33-3)12-13-23(22)34-4/h7-13,17,19H,6,14-16,18H2,1-5H3,(H,26,30). The minimum atomic E-state index is -3.88. The summed E-state index contributed by atoms with van der Waals surface area (Å²) in [6, 6.07) is 13.5. The number of benzene rings is 2. The van der Waals surface area contributed by atoms with Crippen LogP contribution in [0.2, 0.25) is 0 Å². The minimum Gasteiger partial charge on any atom is -0.497 e. The van der Waals surface area contributed by atoms with Gasteiger partial charge in [0.25, 0.3) is 0 Å². The van der Waals surface area contributed by atoms with Crippen molar-refractivity contribution in [2.75, 3.05) is 44.4 Å². The number of anilines is 1. The van der Waals surface area contributed by atoms with E-state index in [2.05, 4.69) is 5.32 Å². The van der Waals surface area contributed by atoms with Crippen LogP contribution in [0.4, 0.5) is 5.69 Å². The smallest absolute Gasteiger partial charge is 0.244 e. The zero-order chi connectivity index (χ0) is 26.0. The maximum absolute atomic E-state index is 13.5. The van der Waals surface area contributed by atoms with Crippen LogP contribution in [0.1, 0.15) is 25.8 Å². The zero-order valence-corrected chi connectivity index (χ0v) is 21.8. The third-order valence-corrected chi connectivity index (χ3v) is 6.66. The molecule has 2 rings (SSSR count). The SMILES string of the molecule is CCCNC(=O)C(C)N(CCc1ccccc1)C(=O)CN(c1cc(OC)ccc1OC)S(C)(=O)=O. The van der Waals surface area contributed by atoms with E-state index < -0.39 is 28.5 Å². The first-order chi connectivity index (χ1) is 16.6. The highest BCUT2D eigenvalue weighted by atomic mass is 32.2. The Labute approximate surface area is 208 Å². The zero-order valence-electron chi connectivity index (χ0n) is 21.0. The molecule has 1 unspecified atom stereocenters. The predicted molar refractivity (Wildman–Crippen MR) is 136 cm³/mol. The summed E-state index contributed by atoms with van der Waals surface area (Å²) >= 11 is 0. The second-order valence-electron chi connectivity index (χ2n) is 8.10. The van der Waals surface area contributed by atoms with Gasteiger partial charge in [-0.05, 0) is 37.5 Å². The molecule has 9 nitrogen and oxygen atoms in total. The highest BCUT2D eigenvalue weighted by molar-refractivity contribution is 7.92. The van der Waals surface area contributed by atoms with E-state index in [9.17, 15) is 18.0 Å². The number of methoxy groups -OCH3 is 2. The molecule has 0 fully saturated rings. The molecule has 0 aliphatic heterocycles. The number of sulfonamides is 1. The fourth-order valence-corrected chi connectivity index (χ4v) is 4.40. The van der Waals surface area contributed by atoms with Crippen molar-refractivity contribution in [3.8, 4) is 11.5 Å². The number of hydrogen-bond acceptors (Lipinski definition) is 6. The molecule has 1 atom stereocenters. The summed E-state index contributed by atoms with van der Waals surface area (Å²) in [5.74, 6) is -0.114. The highest BCUT2D eigenvalue weighted by Crippen LogP contribution is 2.33. The number of rotatable bonds is 13. The summed E-state index contributed by atoms with van der Waals surface area (Å²) in [7, 11) is -1.00. The maximum Gasteiger partial charge on any atom is 0.244 e. The molecule has 0 radical (unpaired) electrons. The van der Waals surface area contributed by atoms with Crippen LogP contribution < -0.4 is 19.1 Å². The van der Waals surface area contributed by atoms with Gasteiger partial charge in [0.15, 0.2) is 0 Å². The molecule has 0 aliphatic carbocycles. The second-order valence-corrected chi connectivity index (χ2v) is 10.0. The average molecular weight is 506 g/mol. The topological polar surface area (TPSA) is 105 Å². The molecule has 0 saturated heterocycles. The van der Waals surface area contributed by atoms with E-state index in [0.29, 0.717) is 18.7 Å². The summed E-state index contributed by atoms with van der Waals surface area (Å²) in [6.45, 7) is 3.82. The summed E-state index contributed by atoms with van der Waals surface area (Å²) < 4.78 is 37.1. The van der Waals surface area contributed by atoms with E-state index in [0.717, 1.165) is 22.5 Å². The lowest BCUT2D eigenvalue weighted by Crippen LogP contribution is -2.52. The molecule has 10 heteroatoms. The van der Waals surface area contributed by atoms with E-state index in [-0.39, 0.29) is 23.9 Å². The summed E-state index contributed by atoms with van der Waals surface area (Å²) in [4.78, 5) is 27.7. The van der Waals surface area contributed by atoms with Crippen molar-refractivity contribution in [1.82, 2.24) is 10.2 Å². The van der Waals surface area contributed by atoms with E-state index in [1.54, 1.807) is 19.1 Å². The first-order valence-corrected chi connectivity index (χ1v) is 13.3. The van der Waals surface area contributed by atoms with Crippen LogP contribution >= 0.6 is 0 Å². The summed E-state index contributed by atoms with van der Waals surface area (Å²) in [5, 5.41) is 2.81. The van der Waals surface area contributed by atoms with Gasteiger partial charge in [-0.15, -0.1) is 0 Å². The van der Waals surface area contributed by atoms with Gasteiger partial charge in [-0.1, -0.05) is 37.3 Å². The molecule has 0 aromatic heterocycles. The van der Waals surface area contributed by atoms with Crippen molar-refractivity contribution in [3.05, 3.63) is 54.1 Å². The number of carbonyl (C=O) groups excluding carboxylic acids is 2. The Morgan fingerprint density at radius 2 is 1.74 bits per heavy atom. The number of amides is 2. The van der Waals surface area contributed by atoms with Crippen molar-refractivity contribution in [3.63, 3.8) is 0 Å². The van der Waals surface area contributed by atoms with Crippen LogP contribution in [0.25, 0.3) is 0 Å². The Kier molecular flexibility index (Phi) is 10.4. The third-order valence-electron chi connectivity index (χ3n) is 5.53. The number of nitrogens with one attached hydrogen (secondary N) is 1. The lowest BCUT2D eigenvalue weighted by atomic mass is 10.1. The highest BCUT2D eigenvalue weighted by Gasteiger charge is 2.31. The predicted octanol–water partition coefficient (Wildman–Crippen LogP) is 2.46. The van der Waals surface area contributed by atoms with Gasteiger partial charge in [-0.3, -0.25) is 13.9 Å². The van der Waals surface area contributed by atoms with Gasteiger partial charge in [0, 0.05) is 19.2 Å². The molecule has 1 N–H and O–H groups in total. The van der Waals surface area contributed by atoms with Gasteiger partial charge < -0.3 is 19.7 Å². The van der Waals surface area contributed by atoms with Gasteiger partial charge in [0.1, 0.15) is 24.1 Å². The maximum atomic E-state index is 13.5. The van der Waals surface area contributed by atoms with Crippen molar-refractivity contribution in [1.29, 1.82) is 0 Å². The van der Waals surface area contributed by atoms with Crippen LogP contribution in [0.15, 0.2) is 48.5 Å². The van der Waals surface area contributed by atoms with Crippen molar-refractivity contribution >= 4 is 27.5 Å². The van der Waals surface area contributed by atoms with Crippen LogP contribution in [-0.2, 0) is 26.0 Å². The minimum absolute atomic E-state index is 0.175. The Hall–Kier alpha value is -3.27. The van der Waals surface area contributed by atoms with E-state index >= 15 is 0 Å². The molecule has 2 aromatic rings. The Morgan fingerprint density at radius 3 is 2.31 bits per heavy atom. The van der Waals surface area contributed by atoms with Crippen LogP contribution in [-0.4, -0.2) is 71.3 Å². The molecule has 0 spiro atoms.